The summed E-state index contributed by atoms with van der Waals surface area (Å²) in [6.07, 6.45) is 5.02. The van der Waals surface area contributed by atoms with Crippen molar-refractivity contribution in [2.24, 2.45) is 0 Å². The first-order chi connectivity index (χ1) is 9.11. The first-order valence-corrected chi connectivity index (χ1v) is 7.20. The van der Waals surface area contributed by atoms with E-state index in [1.165, 1.54) is 12.4 Å². The van der Waals surface area contributed by atoms with Crippen molar-refractivity contribution in [1.82, 2.24) is 4.98 Å². The first-order valence-electron chi connectivity index (χ1n) is 5.60. The number of thioether (sulfide) groups is 1. The maximum Gasteiger partial charge on any atom is 0.168 e. The Morgan fingerprint density at radius 3 is 2.89 bits per heavy atom. The fraction of sp³-hybridized carbons (Fsp3) is 0.143. The highest BCUT2D eigenvalue weighted by Crippen LogP contribution is 2.26. The quantitative estimate of drug-likeness (QED) is 0.691. The van der Waals surface area contributed by atoms with Gasteiger partial charge in [-0.1, -0.05) is 11.6 Å². The molecular formula is C14H12ClNO2S. The van der Waals surface area contributed by atoms with Gasteiger partial charge in [0.25, 0.3) is 0 Å². The van der Waals surface area contributed by atoms with Crippen LogP contribution < -0.4 is 0 Å². The van der Waals surface area contributed by atoms with E-state index in [9.17, 15) is 9.90 Å². The molecule has 0 fully saturated rings. The Balaban J connectivity index is 2.26. The number of aromatic hydroxyl groups is 1. The minimum atomic E-state index is -0.138. The second-order valence-electron chi connectivity index (χ2n) is 3.95. The van der Waals surface area contributed by atoms with Gasteiger partial charge in [0.05, 0.1) is 5.02 Å². The van der Waals surface area contributed by atoms with Crippen molar-refractivity contribution in [3.63, 3.8) is 0 Å². The number of halogens is 1. The number of hydrogen-bond acceptors (Lipinski definition) is 4. The molecule has 0 aliphatic rings. The van der Waals surface area contributed by atoms with E-state index in [1.54, 1.807) is 23.9 Å². The van der Waals surface area contributed by atoms with Crippen LogP contribution in [0.25, 0.3) is 0 Å². The van der Waals surface area contributed by atoms with Crippen LogP contribution in [0.4, 0.5) is 0 Å². The molecular weight excluding hydrogens is 282 g/mol. The molecule has 5 heteroatoms. The average molecular weight is 294 g/mol. The molecule has 0 atom stereocenters. The Morgan fingerprint density at radius 1 is 1.42 bits per heavy atom. The van der Waals surface area contributed by atoms with E-state index in [2.05, 4.69) is 4.98 Å². The van der Waals surface area contributed by atoms with Crippen LogP contribution in [0.1, 0.15) is 15.9 Å². The molecule has 0 radical (unpaired) electrons. The zero-order valence-electron chi connectivity index (χ0n) is 10.3. The van der Waals surface area contributed by atoms with Crippen molar-refractivity contribution in [3.8, 4) is 5.75 Å². The molecule has 0 amide bonds. The van der Waals surface area contributed by atoms with Crippen LogP contribution in [0.15, 0.2) is 41.6 Å². The van der Waals surface area contributed by atoms with Gasteiger partial charge in [-0.2, -0.15) is 0 Å². The predicted octanol–water partition coefficient (Wildman–Crippen LogP) is 3.59. The number of phenolic OH excluding ortho intramolecular Hbond substituents is 1. The summed E-state index contributed by atoms with van der Waals surface area (Å²) in [6.45, 7) is 0. The summed E-state index contributed by atoms with van der Waals surface area (Å²) in [7, 11) is 0. The molecule has 0 spiro atoms. The van der Waals surface area contributed by atoms with Crippen LogP contribution in [0, 0.1) is 0 Å². The normalized spacial score (nSPS) is 10.4. The number of hydrogen-bond donors (Lipinski definition) is 1. The summed E-state index contributed by atoms with van der Waals surface area (Å²) >= 11 is 7.49. The number of nitrogens with zero attached hydrogens (tertiary/aromatic N) is 1. The van der Waals surface area contributed by atoms with Gasteiger partial charge in [-0.3, -0.25) is 9.78 Å². The highest BCUT2D eigenvalue weighted by molar-refractivity contribution is 7.98. The Morgan fingerprint density at radius 2 is 2.21 bits per heavy atom. The van der Waals surface area contributed by atoms with Crippen LogP contribution in [0.5, 0.6) is 5.75 Å². The standard InChI is InChI=1S/C14H12ClNO2S/c1-19-10-2-3-13(17)9(6-10)7-14(18)11-4-5-16-8-12(11)15/h2-6,8,17H,7H2,1H3. The third-order valence-electron chi connectivity index (χ3n) is 2.71. The topological polar surface area (TPSA) is 50.2 Å². The number of rotatable bonds is 4. The summed E-state index contributed by atoms with van der Waals surface area (Å²) in [6, 6.07) is 6.81. The average Bonchev–Trinajstić information content (AvgIpc) is 2.41. The van der Waals surface area contributed by atoms with E-state index < -0.39 is 0 Å². The van der Waals surface area contributed by atoms with Crippen molar-refractivity contribution in [2.45, 2.75) is 11.3 Å². The summed E-state index contributed by atoms with van der Waals surface area (Å²) in [4.78, 5) is 17.0. The lowest BCUT2D eigenvalue weighted by Gasteiger charge is -2.07. The second kappa shape index (κ2) is 6.08. The zero-order valence-corrected chi connectivity index (χ0v) is 11.8. The maximum atomic E-state index is 12.2. The van der Waals surface area contributed by atoms with Gasteiger partial charge < -0.3 is 5.11 Å². The molecule has 2 rings (SSSR count). The van der Waals surface area contributed by atoms with E-state index in [-0.39, 0.29) is 18.0 Å². The van der Waals surface area contributed by atoms with Crippen LogP contribution in [-0.2, 0) is 6.42 Å². The van der Waals surface area contributed by atoms with Gasteiger partial charge in [0, 0.05) is 34.8 Å². The van der Waals surface area contributed by atoms with E-state index in [0.29, 0.717) is 16.1 Å². The molecule has 0 aliphatic carbocycles. The van der Waals surface area contributed by atoms with Crippen molar-refractivity contribution < 1.29 is 9.90 Å². The molecule has 1 N–H and O–H groups in total. The SMILES string of the molecule is CSc1ccc(O)c(CC(=O)c2ccncc2Cl)c1. The highest BCUT2D eigenvalue weighted by Gasteiger charge is 2.13. The molecule has 2 aromatic rings. The Hall–Kier alpha value is -1.52. The predicted molar refractivity (Wildman–Crippen MR) is 77.2 cm³/mol. The Bertz CT molecular complexity index is 616. The van der Waals surface area contributed by atoms with E-state index >= 15 is 0 Å². The lowest BCUT2D eigenvalue weighted by Crippen LogP contribution is -2.05. The fourth-order valence-corrected chi connectivity index (χ4v) is 2.39. The van der Waals surface area contributed by atoms with Crippen molar-refractivity contribution >= 4 is 29.1 Å². The second-order valence-corrected chi connectivity index (χ2v) is 5.24. The van der Waals surface area contributed by atoms with Gasteiger partial charge >= 0.3 is 0 Å². The number of ketones is 1. The Kier molecular flexibility index (Phi) is 4.45. The number of carbonyl (C=O) groups excluding carboxylic acids is 1. The van der Waals surface area contributed by atoms with Gasteiger partial charge in [0.1, 0.15) is 5.75 Å². The van der Waals surface area contributed by atoms with E-state index in [1.807, 2.05) is 18.4 Å². The largest absolute Gasteiger partial charge is 0.508 e. The lowest BCUT2D eigenvalue weighted by atomic mass is 10.0. The number of benzene rings is 1. The minimum Gasteiger partial charge on any atom is -0.508 e. The summed E-state index contributed by atoms with van der Waals surface area (Å²) in [5, 5.41) is 10.1. The molecule has 98 valence electrons. The van der Waals surface area contributed by atoms with Crippen molar-refractivity contribution in [2.75, 3.05) is 6.26 Å². The summed E-state index contributed by atoms with van der Waals surface area (Å²) < 4.78 is 0. The molecule has 1 heterocycles. The van der Waals surface area contributed by atoms with E-state index in [0.717, 1.165) is 4.90 Å². The zero-order chi connectivity index (χ0) is 13.8. The third kappa shape index (κ3) is 3.28. The molecule has 1 aromatic carbocycles. The molecule has 1 aromatic heterocycles. The lowest BCUT2D eigenvalue weighted by molar-refractivity contribution is 0.0992. The van der Waals surface area contributed by atoms with Gasteiger partial charge in [-0.05, 0) is 30.5 Å². The number of Topliss-reactive ketones (excluding diaryl/α,β-unsaturated/α-hetero) is 1. The number of aromatic nitrogens is 1. The minimum absolute atomic E-state index is 0.115. The summed E-state index contributed by atoms with van der Waals surface area (Å²) in [5.41, 5.74) is 1.02. The fourth-order valence-electron chi connectivity index (χ4n) is 1.70. The molecule has 0 saturated heterocycles. The van der Waals surface area contributed by atoms with Gasteiger partial charge in [0.15, 0.2) is 5.78 Å². The number of carbonyl (C=O) groups is 1. The van der Waals surface area contributed by atoms with E-state index in [4.69, 9.17) is 11.6 Å². The molecule has 0 unspecified atom stereocenters. The first kappa shape index (κ1) is 13.9. The molecule has 0 aliphatic heterocycles. The van der Waals surface area contributed by atoms with Crippen molar-refractivity contribution in [1.29, 1.82) is 0 Å². The molecule has 0 bridgehead atoms. The number of pyridine rings is 1. The van der Waals surface area contributed by atoms with Crippen molar-refractivity contribution in [3.05, 3.63) is 52.8 Å². The third-order valence-corrected chi connectivity index (χ3v) is 3.74. The smallest absolute Gasteiger partial charge is 0.168 e. The van der Waals surface area contributed by atoms with Gasteiger partial charge in [-0.15, -0.1) is 11.8 Å². The van der Waals surface area contributed by atoms with Crippen LogP contribution in [-0.4, -0.2) is 22.1 Å². The summed E-state index contributed by atoms with van der Waals surface area (Å²) in [5.74, 6) is -0.0164. The van der Waals surface area contributed by atoms with Crippen LogP contribution in [0.3, 0.4) is 0 Å². The molecule has 3 nitrogen and oxygen atoms in total. The Labute approximate surface area is 120 Å². The van der Waals surface area contributed by atoms with Crippen LogP contribution in [0.2, 0.25) is 5.02 Å². The highest BCUT2D eigenvalue weighted by atomic mass is 35.5. The van der Waals surface area contributed by atoms with Gasteiger partial charge in [-0.25, -0.2) is 0 Å². The number of phenols is 1. The monoisotopic (exact) mass is 293 g/mol. The maximum absolute atomic E-state index is 12.2. The molecule has 19 heavy (non-hydrogen) atoms. The van der Waals surface area contributed by atoms with Gasteiger partial charge in [0.2, 0.25) is 0 Å². The molecule has 0 saturated carbocycles. The van der Waals surface area contributed by atoms with Crippen LogP contribution >= 0.6 is 23.4 Å².